The third kappa shape index (κ3) is 2.87. The summed E-state index contributed by atoms with van der Waals surface area (Å²) in [4.78, 5) is 0. The van der Waals surface area contributed by atoms with Crippen molar-refractivity contribution in [2.24, 2.45) is 0 Å². The minimum atomic E-state index is -4.47. The summed E-state index contributed by atoms with van der Waals surface area (Å²) in [7, 11) is 3.88. The Morgan fingerprint density at radius 3 is 1.50 bits per heavy atom. The summed E-state index contributed by atoms with van der Waals surface area (Å²) in [6.07, 6.45) is 4.70. The van der Waals surface area contributed by atoms with Crippen molar-refractivity contribution in [3.8, 4) is 0 Å². The number of rotatable bonds is 5. The molecule has 0 heterocycles. The van der Waals surface area contributed by atoms with E-state index in [1.165, 1.54) is 33.4 Å². The molecule has 0 fully saturated rings. The van der Waals surface area contributed by atoms with Gasteiger partial charge in [0.25, 0.3) is 0 Å². The van der Waals surface area contributed by atoms with Crippen molar-refractivity contribution >= 4 is 49.9 Å². The number of allylic oxidation sites excluding steroid dienone is 2. The van der Waals surface area contributed by atoms with Gasteiger partial charge in [0.1, 0.15) is 0 Å². The van der Waals surface area contributed by atoms with Crippen molar-refractivity contribution in [1.82, 2.24) is 0 Å². The zero-order valence-electron chi connectivity index (χ0n) is 18.4. The minimum absolute atomic E-state index is 0.221. The van der Waals surface area contributed by atoms with Gasteiger partial charge in [0, 0.05) is 0 Å². The predicted molar refractivity (Wildman–Crippen MR) is 134 cm³/mol. The fourth-order valence-corrected chi connectivity index (χ4v) is 44.3. The second-order valence-corrected chi connectivity index (χ2v) is 39.4. The average Bonchev–Trinajstić information content (AvgIpc) is 3.24. The topological polar surface area (TPSA) is 18.5 Å². The quantitative estimate of drug-likeness (QED) is 0.317. The first-order valence-electron chi connectivity index (χ1n) is 10.4. The predicted octanol–water partition coefficient (Wildman–Crippen LogP) is 7.62. The van der Waals surface area contributed by atoms with Gasteiger partial charge in [0.2, 0.25) is 0 Å². The number of benzene rings is 2. The number of halogens is 2. The van der Waals surface area contributed by atoms with Crippen molar-refractivity contribution < 1.29 is 24.4 Å². The third-order valence-electron chi connectivity index (χ3n) is 7.60. The van der Waals surface area contributed by atoms with Gasteiger partial charge in [-0.05, 0) is 0 Å². The van der Waals surface area contributed by atoms with Crippen LogP contribution >= 0.6 is 31.9 Å². The molecule has 6 heteroatoms. The molecule has 4 rings (SSSR count). The monoisotopic (exact) mass is 625 g/mol. The zero-order chi connectivity index (χ0) is 21.9. The van der Waals surface area contributed by atoms with Crippen molar-refractivity contribution in [3.05, 3.63) is 78.7 Å². The molecule has 30 heavy (non-hydrogen) atoms. The van der Waals surface area contributed by atoms with Crippen LogP contribution in [0.3, 0.4) is 0 Å². The van der Waals surface area contributed by atoms with Crippen LogP contribution in [0, 0.1) is 0 Å². The van der Waals surface area contributed by atoms with Gasteiger partial charge in [-0.15, -0.1) is 0 Å². The van der Waals surface area contributed by atoms with Gasteiger partial charge in [-0.1, -0.05) is 0 Å². The summed E-state index contributed by atoms with van der Waals surface area (Å²) in [5, 5.41) is 0. The second kappa shape index (κ2) is 8.04. The van der Waals surface area contributed by atoms with Crippen LogP contribution in [0.15, 0.2) is 56.5 Å². The molecule has 0 aliphatic heterocycles. The second-order valence-electron chi connectivity index (χ2n) is 8.98. The van der Waals surface area contributed by atoms with Crippen LogP contribution in [0.25, 0.3) is 12.2 Å². The first kappa shape index (κ1) is 23.1. The summed E-state index contributed by atoms with van der Waals surface area (Å²) < 4.78 is 16.7. The molecule has 0 aromatic heterocycles. The van der Waals surface area contributed by atoms with Crippen LogP contribution < -0.4 is 0 Å². The standard InChI is InChI=1S/2C10H8Br.C2H7Si.2CH3O.Zr/c2*1-7-5-8-3-2-4-10(11)9(8)6-7;1-3-2;2*1-2;/h2*2-6H,1H3;3H,1-2H3;2*1H3;/q;;;2*-1;+2. The molecular formula is C24H29Br2O2SiZr. The van der Waals surface area contributed by atoms with E-state index in [4.69, 9.17) is 5.63 Å². The van der Waals surface area contributed by atoms with Crippen LogP contribution in [-0.4, -0.2) is 20.1 Å². The first-order chi connectivity index (χ1) is 14.2. The van der Waals surface area contributed by atoms with E-state index in [2.05, 4.69) is 107 Å². The molecule has 0 bridgehead atoms. The Labute approximate surface area is 199 Å². The van der Waals surface area contributed by atoms with Gasteiger partial charge < -0.3 is 0 Å². The Hall–Kier alpha value is -0.100. The molecule has 2 aromatic carbocycles. The van der Waals surface area contributed by atoms with Gasteiger partial charge in [-0.25, -0.2) is 0 Å². The summed E-state index contributed by atoms with van der Waals surface area (Å²) in [5.74, 6) is -1.44. The Balaban J connectivity index is 2.09. The SMILES string of the molecule is C[O][Zr]([O]C)([CH]1C(C)=Cc2c(Br)cccc21)([CH]1C(C)=Cc2c(Br)cccc21)[SiH](C)C. The Morgan fingerprint density at radius 1 is 0.767 bits per heavy atom. The Bertz CT molecular complexity index is 1010. The van der Waals surface area contributed by atoms with Crippen LogP contribution in [0.5, 0.6) is 0 Å². The molecule has 2 aliphatic carbocycles. The van der Waals surface area contributed by atoms with Crippen molar-refractivity contribution in [2.45, 2.75) is 34.2 Å². The van der Waals surface area contributed by atoms with Crippen LogP contribution in [-0.2, 0) is 24.4 Å². The van der Waals surface area contributed by atoms with E-state index in [0.717, 1.165) is 8.95 Å². The number of hydrogen-bond acceptors (Lipinski definition) is 2. The summed E-state index contributed by atoms with van der Waals surface area (Å²) in [6.45, 7) is 9.44. The van der Waals surface area contributed by atoms with Crippen molar-refractivity contribution in [3.63, 3.8) is 0 Å². The Kier molecular flexibility index (Phi) is 6.18. The van der Waals surface area contributed by atoms with E-state index < -0.39 is 24.7 Å². The van der Waals surface area contributed by atoms with E-state index in [1.54, 1.807) is 0 Å². The fraction of sp³-hybridized carbons (Fsp3) is 0.333. The zero-order valence-corrected chi connectivity index (χ0v) is 25.2. The van der Waals surface area contributed by atoms with Gasteiger partial charge in [-0.3, -0.25) is 0 Å². The van der Waals surface area contributed by atoms with Crippen LogP contribution in [0.1, 0.15) is 43.4 Å². The van der Waals surface area contributed by atoms with Gasteiger partial charge in [0.05, 0.1) is 0 Å². The summed E-state index contributed by atoms with van der Waals surface area (Å²) in [5.41, 5.74) is 8.08. The number of hydrogen-bond donors (Lipinski definition) is 0. The molecule has 0 saturated heterocycles. The maximum absolute atomic E-state index is 6.98. The number of fused-ring (bicyclic) bond motifs is 2. The van der Waals surface area contributed by atoms with E-state index in [-0.39, 0.29) is 7.25 Å². The summed E-state index contributed by atoms with van der Waals surface area (Å²) in [6, 6.07) is 13.2. The summed E-state index contributed by atoms with van der Waals surface area (Å²) >= 11 is 3.10. The molecule has 159 valence electrons. The van der Waals surface area contributed by atoms with E-state index in [0.29, 0.717) is 0 Å². The van der Waals surface area contributed by atoms with Crippen molar-refractivity contribution in [1.29, 1.82) is 0 Å². The fourth-order valence-electron chi connectivity index (χ4n) is 6.40. The molecule has 0 spiro atoms. The molecule has 2 aromatic rings. The molecule has 0 radical (unpaired) electrons. The van der Waals surface area contributed by atoms with Gasteiger partial charge in [0.15, 0.2) is 0 Å². The average molecular weight is 629 g/mol. The van der Waals surface area contributed by atoms with Gasteiger partial charge in [-0.2, -0.15) is 0 Å². The normalized spacial score (nSPS) is 21.7. The van der Waals surface area contributed by atoms with E-state index in [1.807, 2.05) is 14.2 Å². The van der Waals surface area contributed by atoms with E-state index >= 15 is 0 Å². The Morgan fingerprint density at radius 2 is 1.17 bits per heavy atom. The third-order valence-corrected chi connectivity index (χ3v) is 48.4. The molecule has 0 amide bonds. The molecule has 2 aliphatic rings. The molecule has 0 N–H and O–H groups in total. The molecule has 2 nitrogen and oxygen atoms in total. The molecule has 2 atom stereocenters. The first-order valence-corrected chi connectivity index (χ1v) is 24.0. The molecular weight excluding hydrogens is 599 g/mol. The van der Waals surface area contributed by atoms with Crippen molar-refractivity contribution in [2.75, 3.05) is 14.2 Å². The van der Waals surface area contributed by atoms with Gasteiger partial charge >= 0.3 is 202 Å². The van der Waals surface area contributed by atoms with Crippen LogP contribution in [0.4, 0.5) is 0 Å². The maximum atomic E-state index is 6.98. The molecule has 2 unspecified atom stereocenters. The van der Waals surface area contributed by atoms with E-state index in [9.17, 15) is 0 Å². The molecule has 0 saturated carbocycles. The van der Waals surface area contributed by atoms with Crippen LogP contribution in [0.2, 0.25) is 13.1 Å².